The van der Waals surface area contributed by atoms with Crippen LogP contribution in [0.15, 0.2) is 24.3 Å². The van der Waals surface area contributed by atoms with Crippen molar-refractivity contribution in [3.63, 3.8) is 0 Å². The van der Waals surface area contributed by atoms with Crippen LogP contribution in [0.3, 0.4) is 0 Å². The number of amides is 2. The molecule has 0 bridgehead atoms. The van der Waals surface area contributed by atoms with Crippen molar-refractivity contribution < 1.29 is 14.7 Å². The molecule has 2 amide bonds. The zero-order valence-corrected chi connectivity index (χ0v) is 12.1. The number of nitrogens with one attached hydrogen (secondary N) is 2. The smallest absolute Gasteiger partial charge is 0.326 e. The Kier molecular flexibility index (Phi) is 5.90. The average Bonchev–Trinajstić information content (AvgIpc) is 2.31. The van der Waals surface area contributed by atoms with E-state index >= 15 is 0 Å². The van der Waals surface area contributed by atoms with Crippen LogP contribution < -0.4 is 10.6 Å². The Morgan fingerprint density at radius 3 is 2.44 bits per heavy atom. The fourth-order valence-corrected chi connectivity index (χ4v) is 1.76. The number of rotatable bonds is 5. The van der Waals surface area contributed by atoms with E-state index in [9.17, 15) is 9.59 Å². The molecule has 0 radical (unpaired) electrons. The topological polar surface area (TPSA) is 78.4 Å². The van der Waals surface area contributed by atoms with Crippen LogP contribution in [0.5, 0.6) is 0 Å². The summed E-state index contributed by atoms with van der Waals surface area (Å²) in [5.41, 5.74) is 0.633. The normalized spacial score (nSPS) is 11.7. The average molecular weight is 362 g/mol. The van der Waals surface area contributed by atoms with E-state index in [1.807, 2.05) is 19.1 Å². The molecule has 0 aliphatic heterocycles. The summed E-state index contributed by atoms with van der Waals surface area (Å²) >= 11 is 2.16. The molecule has 1 aromatic rings. The number of urea groups is 1. The van der Waals surface area contributed by atoms with E-state index in [2.05, 4.69) is 33.2 Å². The molecule has 0 heterocycles. The first-order valence-electron chi connectivity index (χ1n) is 5.58. The van der Waals surface area contributed by atoms with Crippen LogP contribution in [0.25, 0.3) is 0 Å². The zero-order valence-electron chi connectivity index (χ0n) is 9.94. The molecule has 3 N–H and O–H groups in total. The molecule has 0 saturated carbocycles. The molecule has 0 aliphatic carbocycles. The second kappa shape index (κ2) is 7.20. The Morgan fingerprint density at radius 2 is 1.94 bits per heavy atom. The number of carbonyl (C=O) groups excluding carboxylic acids is 1. The summed E-state index contributed by atoms with van der Waals surface area (Å²) in [4.78, 5) is 22.5. The number of halogens is 1. The molecule has 98 valence electrons. The molecule has 1 rings (SSSR count). The van der Waals surface area contributed by atoms with Crippen molar-refractivity contribution in [2.75, 3.05) is 5.32 Å². The Hall–Kier alpha value is -1.31. The van der Waals surface area contributed by atoms with Crippen LogP contribution in [0.2, 0.25) is 0 Å². The van der Waals surface area contributed by atoms with Gasteiger partial charge in [0.25, 0.3) is 0 Å². The van der Waals surface area contributed by atoms with Crippen LogP contribution in [-0.4, -0.2) is 23.1 Å². The van der Waals surface area contributed by atoms with Gasteiger partial charge in [0.05, 0.1) is 0 Å². The van der Waals surface area contributed by atoms with E-state index in [4.69, 9.17) is 5.11 Å². The van der Waals surface area contributed by atoms with E-state index in [1.54, 1.807) is 12.1 Å². The van der Waals surface area contributed by atoms with E-state index in [0.29, 0.717) is 18.5 Å². The van der Waals surface area contributed by atoms with Crippen LogP contribution in [0, 0.1) is 3.57 Å². The SMILES string of the molecule is CCCC(NC(=O)Nc1ccc(I)cc1)C(=O)O. The molecule has 1 atom stereocenters. The van der Waals surface area contributed by atoms with Gasteiger partial charge in [0.1, 0.15) is 6.04 Å². The first-order valence-corrected chi connectivity index (χ1v) is 6.66. The molecule has 18 heavy (non-hydrogen) atoms. The summed E-state index contributed by atoms with van der Waals surface area (Å²) in [6.45, 7) is 1.87. The van der Waals surface area contributed by atoms with Gasteiger partial charge in [-0.15, -0.1) is 0 Å². The third-order valence-electron chi connectivity index (χ3n) is 2.28. The fraction of sp³-hybridized carbons (Fsp3) is 0.333. The zero-order chi connectivity index (χ0) is 13.5. The maximum atomic E-state index is 11.6. The minimum absolute atomic E-state index is 0.412. The minimum Gasteiger partial charge on any atom is -0.480 e. The minimum atomic E-state index is -1.02. The summed E-state index contributed by atoms with van der Waals surface area (Å²) in [7, 11) is 0. The van der Waals surface area contributed by atoms with Crippen molar-refractivity contribution in [3.8, 4) is 0 Å². The number of benzene rings is 1. The highest BCUT2D eigenvalue weighted by Gasteiger charge is 2.18. The van der Waals surface area contributed by atoms with Gasteiger partial charge < -0.3 is 15.7 Å². The Bertz CT molecular complexity index is 420. The molecule has 1 unspecified atom stereocenters. The van der Waals surface area contributed by atoms with Crippen LogP contribution in [-0.2, 0) is 4.79 Å². The number of anilines is 1. The van der Waals surface area contributed by atoms with E-state index < -0.39 is 18.0 Å². The molecule has 0 spiro atoms. The monoisotopic (exact) mass is 362 g/mol. The highest BCUT2D eigenvalue weighted by molar-refractivity contribution is 14.1. The number of carbonyl (C=O) groups is 2. The predicted octanol–water partition coefficient (Wildman–Crippen LogP) is 2.67. The highest BCUT2D eigenvalue weighted by Crippen LogP contribution is 2.11. The highest BCUT2D eigenvalue weighted by atomic mass is 127. The van der Waals surface area contributed by atoms with Crippen molar-refractivity contribution in [2.24, 2.45) is 0 Å². The van der Waals surface area contributed by atoms with Gasteiger partial charge in [-0.2, -0.15) is 0 Å². The summed E-state index contributed by atoms with van der Waals surface area (Å²) in [5.74, 6) is -1.02. The summed E-state index contributed by atoms with van der Waals surface area (Å²) in [6.07, 6.45) is 1.11. The van der Waals surface area contributed by atoms with Crippen LogP contribution in [0.1, 0.15) is 19.8 Å². The number of carboxylic acids is 1. The third kappa shape index (κ3) is 4.91. The van der Waals surface area contributed by atoms with Crippen molar-refractivity contribution >= 4 is 40.3 Å². The molecule has 1 aromatic carbocycles. The third-order valence-corrected chi connectivity index (χ3v) is 3.00. The Labute approximate surface area is 119 Å². The first-order chi connectivity index (χ1) is 8.52. The summed E-state index contributed by atoms with van der Waals surface area (Å²) < 4.78 is 1.06. The standard InChI is InChI=1S/C12H15IN2O3/c1-2-3-10(11(16)17)15-12(18)14-9-6-4-8(13)5-7-9/h4-7,10H,2-3H2,1H3,(H,16,17)(H2,14,15,18). The van der Waals surface area contributed by atoms with Crippen molar-refractivity contribution in [2.45, 2.75) is 25.8 Å². The molecule has 0 aromatic heterocycles. The lowest BCUT2D eigenvalue weighted by Crippen LogP contribution is -2.42. The lowest BCUT2D eigenvalue weighted by molar-refractivity contribution is -0.139. The van der Waals surface area contributed by atoms with Crippen molar-refractivity contribution in [3.05, 3.63) is 27.8 Å². The second-order valence-corrected chi connectivity index (χ2v) is 5.03. The van der Waals surface area contributed by atoms with Gasteiger partial charge >= 0.3 is 12.0 Å². The molecule has 0 aliphatic rings. The summed E-state index contributed by atoms with van der Waals surface area (Å²) in [6, 6.07) is 5.89. The number of carboxylic acid groups (broad SMARTS) is 1. The summed E-state index contributed by atoms with van der Waals surface area (Å²) in [5, 5.41) is 13.9. The number of hydrogen-bond acceptors (Lipinski definition) is 2. The van der Waals surface area contributed by atoms with Crippen molar-refractivity contribution in [1.82, 2.24) is 5.32 Å². The van der Waals surface area contributed by atoms with Gasteiger partial charge in [-0.25, -0.2) is 9.59 Å². The molecular formula is C12H15IN2O3. The Balaban J connectivity index is 2.54. The first kappa shape index (κ1) is 14.7. The molecule has 0 fully saturated rings. The van der Waals surface area contributed by atoms with Gasteiger partial charge in [-0.05, 0) is 53.3 Å². The van der Waals surface area contributed by atoms with Crippen molar-refractivity contribution in [1.29, 1.82) is 0 Å². The molecular weight excluding hydrogens is 347 g/mol. The van der Waals surface area contributed by atoms with Crippen LogP contribution >= 0.6 is 22.6 Å². The van der Waals surface area contributed by atoms with Gasteiger partial charge in [0, 0.05) is 9.26 Å². The fourth-order valence-electron chi connectivity index (χ4n) is 1.40. The lowest BCUT2D eigenvalue weighted by atomic mass is 10.2. The second-order valence-electron chi connectivity index (χ2n) is 3.78. The number of hydrogen-bond donors (Lipinski definition) is 3. The van der Waals surface area contributed by atoms with E-state index in [1.165, 1.54) is 0 Å². The van der Waals surface area contributed by atoms with Gasteiger partial charge in [0.15, 0.2) is 0 Å². The van der Waals surface area contributed by atoms with Gasteiger partial charge in [-0.1, -0.05) is 13.3 Å². The predicted molar refractivity (Wildman–Crippen MR) is 77.6 cm³/mol. The van der Waals surface area contributed by atoms with Gasteiger partial charge in [0.2, 0.25) is 0 Å². The number of aliphatic carboxylic acids is 1. The maximum absolute atomic E-state index is 11.6. The molecule has 0 saturated heterocycles. The molecule has 6 heteroatoms. The largest absolute Gasteiger partial charge is 0.480 e. The van der Waals surface area contributed by atoms with Crippen LogP contribution in [0.4, 0.5) is 10.5 Å². The van der Waals surface area contributed by atoms with E-state index in [0.717, 1.165) is 3.57 Å². The van der Waals surface area contributed by atoms with E-state index in [-0.39, 0.29) is 0 Å². The Morgan fingerprint density at radius 1 is 1.33 bits per heavy atom. The molecule has 5 nitrogen and oxygen atoms in total. The maximum Gasteiger partial charge on any atom is 0.326 e. The quantitative estimate of drug-likeness (QED) is 0.705. The van der Waals surface area contributed by atoms with Gasteiger partial charge in [-0.3, -0.25) is 0 Å². The lowest BCUT2D eigenvalue weighted by Gasteiger charge is -2.14.